The minimum absolute atomic E-state index is 0.0108. The Morgan fingerprint density at radius 2 is 1.04 bits per heavy atom. The summed E-state index contributed by atoms with van der Waals surface area (Å²) in [5, 5.41) is 0. The molecule has 0 fully saturated rings. The maximum Gasteiger partial charge on any atom is 0.460 e. The van der Waals surface area contributed by atoms with Gasteiger partial charge in [-0.3, -0.25) is 0 Å². The number of halogens is 13. The highest BCUT2D eigenvalue weighted by molar-refractivity contribution is 5.78. The molecule has 0 atom stereocenters. The van der Waals surface area contributed by atoms with Gasteiger partial charge in [0.1, 0.15) is 0 Å². The van der Waals surface area contributed by atoms with E-state index in [0.29, 0.717) is 0 Å². The predicted molar refractivity (Wildman–Crippen MR) is 43.9 cm³/mol. The molecule has 0 bridgehead atoms. The van der Waals surface area contributed by atoms with Crippen molar-refractivity contribution in [2.24, 2.45) is 0 Å². The van der Waals surface area contributed by atoms with Gasteiger partial charge >= 0.3 is 42.1 Å². The summed E-state index contributed by atoms with van der Waals surface area (Å²) in [5.74, 6) is -25.1. The van der Waals surface area contributed by atoms with Crippen LogP contribution in [-0.4, -0.2) is 49.2 Å². The summed E-state index contributed by atoms with van der Waals surface area (Å²) in [4.78, 5) is 10.3. The van der Waals surface area contributed by atoms with Crippen molar-refractivity contribution in [1.29, 1.82) is 0 Å². The van der Waals surface area contributed by atoms with E-state index in [9.17, 15) is 61.9 Å². The number of alkyl halides is 13. The highest BCUT2D eigenvalue weighted by atomic mass is 19.4. The molecule has 144 valence electrons. The lowest BCUT2D eigenvalue weighted by molar-refractivity contribution is -0.498. The van der Waals surface area contributed by atoms with E-state index in [1.54, 1.807) is 0 Å². The standard InChI is InChI=1S/C8H3F13O3/c1-23-2(22)3(9,10)7(18,19)24-8(20,21)5(13,14)4(11,12)6(15,16)17/h1H3. The van der Waals surface area contributed by atoms with Crippen LogP contribution in [0.15, 0.2) is 0 Å². The first kappa shape index (κ1) is 22.5. The number of carbonyl (C=O) groups excluding carboxylic acids is 1. The summed E-state index contributed by atoms with van der Waals surface area (Å²) >= 11 is 0. The summed E-state index contributed by atoms with van der Waals surface area (Å²) in [6.07, 6.45) is -21.8. The molecule has 0 saturated heterocycles. The predicted octanol–water partition coefficient (Wildman–Crippen LogP) is 3.83. The van der Waals surface area contributed by atoms with E-state index in [2.05, 4.69) is 4.74 Å². The van der Waals surface area contributed by atoms with Crippen LogP contribution in [-0.2, 0) is 14.3 Å². The minimum Gasteiger partial charge on any atom is -0.464 e. The Morgan fingerprint density at radius 3 is 1.33 bits per heavy atom. The van der Waals surface area contributed by atoms with Gasteiger partial charge in [0, 0.05) is 0 Å². The fourth-order valence-electron chi connectivity index (χ4n) is 0.897. The molecule has 0 radical (unpaired) electrons. The van der Waals surface area contributed by atoms with Crippen molar-refractivity contribution in [1.82, 2.24) is 0 Å². The number of rotatable bonds is 6. The van der Waals surface area contributed by atoms with Crippen molar-refractivity contribution in [3.8, 4) is 0 Å². The van der Waals surface area contributed by atoms with Gasteiger partial charge in [-0.25, -0.2) is 9.53 Å². The zero-order chi connectivity index (χ0) is 20.0. The van der Waals surface area contributed by atoms with Crippen molar-refractivity contribution in [3.63, 3.8) is 0 Å². The van der Waals surface area contributed by atoms with Crippen LogP contribution in [0.3, 0.4) is 0 Å². The SMILES string of the molecule is COC(=O)C(F)(F)C(F)(F)OC(F)(F)C(F)(F)C(F)(F)C(F)(F)F. The molecule has 0 saturated carbocycles. The molecule has 0 heterocycles. The highest BCUT2D eigenvalue weighted by Gasteiger charge is 2.85. The van der Waals surface area contributed by atoms with Crippen LogP contribution < -0.4 is 0 Å². The number of esters is 1. The van der Waals surface area contributed by atoms with Crippen LogP contribution in [0.5, 0.6) is 0 Å². The van der Waals surface area contributed by atoms with E-state index in [1.165, 1.54) is 4.74 Å². The summed E-state index contributed by atoms with van der Waals surface area (Å²) in [7, 11) is 0.0108. The first-order valence-corrected chi connectivity index (χ1v) is 4.93. The van der Waals surface area contributed by atoms with Crippen molar-refractivity contribution in [2.75, 3.05) is 7.11 Å². The summed E-state index contributed by atoms with van der Waals surface area (Å²) in [6, 6.07) is 0. The Bertz CT molecular complexity index is 480. The number of ether oxygens (including phenoxy) is 2. The maximum atomic E-state index is 12.7. The number of methoxy groups -OCH3 is 1. The fourth-order valence-corrected chi connectivity index (χ4v) is 0.897. The first-order chi connectivity index (χ1) is 10.2. The Kier molecular flexibility index (Phi) is 5.44. The summed E-state index contributed by atoms with van der Waals surface area (Å²) in [6.45, 7) is 0. The molecule has 24 heavy (non-hydrogen) atoms. The molecule has 0 amide bonds. The molecule has 0 rings (SSSR count). The molecule has 0 spiro atoms. The van der Waals surface area contributed by atoms with E-state index in [1.807, 2.05) is 0 Å². The summed E-state index contributed by atoms with van der Waals surface area (Å²) < 4.78 is 166. The second-order valence-electron chi connectivity index (χ2n) is 3.85. The normalized spacial score (nSPS) is 15.4. The van der Waals surface area contributed by atoms with Crippen LogP contribution in [0.2, 0.25) is 0 Å². The molecule has 0 aromatic carbocycles. The monoisotopic (exact) mass is 394 g/mol. The van der Waals surface area contributed by atoms with E-state index in [4.69, 9.17) is 0 Å². The van der Waals surface area contributed by atoms with Crippen molar-refractivity contribution in [2.45, 2.75) is 36.2 Å². The van der Waals surface area contributed by atoms with E-state index in [-0.39, 0.29) is 7.11 Å². The largest absolute Gasteiger partial charge is 0.464 e. The van der Waals surface area contributed by atoms with Crippen molar-refractivity contribution in [3.05, 3.63) is 0 Å². The van der Waals surface area contributed by atoms with Crippen LogP contribution in [0.4, 0.5) is 57.1 Å². The van der Waals surface area contributed by atoms with Gasteiger partial charge in [0.2, 0.25) is 0 Å². The third kappa shape index (κ3) is 3.32. The molecule has 0 aliphatic rings. The minimum atomic E-state index is -7.74. The van der Waals surface area contributed by atoms with E-state index < -0.39 is 42.1 Å². The van der Waals surface area contributed by atoms with Crippen LogP contribution in [0.25, 0.3) is 0 Å². The van der Waals surface area contributed by atoms with Crippen molar-refractivity contribution < 1.29 is 71.3 Å². The number of carbonyl (C=O) groups is 1. The molecule has 0 aliphatic heterocycles. The van der Waals surface area contributed by atoms with Crippen LogP contribution in [0.1, 0.15) is 0 Å². The lowest BCUT2D eigenvalue weighted by Crippen LogP contribution is -2.64. The van der Waals surface area contributed by atoms with Crippen molar-refractivity contribution >= 4 is 5.97 Å². The topological polar surface area (TPSA) is 35.5 Å². The highest BCUT2D eigenvalue weighted by Crippen LogP contribution is 2.55. The van der Waals surface area contributed by atoms with Gasteiger partial charge in [-0.15, -0.1) is 0 Å². The molecule has 3 nitrogen and oxygen atoms in total. The third-order valence-corrected chi connectivity index (χ3v) is 2.18. The molecular weight excluding hydrogens is 391 g/mol. The Labute approximate surface area is 122 Å². The van der Waals surface area contributed by atoms with Crippen LogP contribution >= 0.6 is 0 Å². The molecule has 0 aromatic rings. The zero-order valence-corrected chi connectivity index (χ0v) is 10.6. The molecule has 0 aromatic heterocycles. The molecule has 0 N–H and O–H groups in total. The van der Waals surface area contributed by atoms with Gasteiger partial charge in [0.05, 0.1) is 7.11 Å². The Morgan fingerprint density at radius 1 is 0.667 bits per heavy atom. The number of hydrogen-bond donors (Lipinski definition) is 0. The number of hydrogen-bond acceptors (Lipinski definition) is 3. The lowest BCUT2D eigenvalue weighted by Gasteiger charge is -2.35. The maximum absolute atomic E-state index is 12.7. The zero-order valence-electron chi connectivity index (χ0n) is 10.6. The van der Waals surface area contributed by atoms with Gasteiger partial charge in [0.15, 0.2) is 0 Å². The Hall–Kier alpha value is -1.48. The van der Waals surface area contributed by atoms with Gasteiger partial charge in [-0.05, 0) is 0 Å². The Balaban J connectivity index is 5.90. The molecule has 0 unspecified atom stereocenters. The van der Waals surface area contributed by atoms with Gasteiger partial charge in [-0.1, -0.05) is 0 Å². The smallest absolute Gasteiger partial charge is 0.460 e. The van der Waals surface area contributed by atoms with Gasteiger partial charge < -0.3 is 4.74 Å². The second kappa shape index (κ2) is 5.80. The quantitative estimate of drug-likeness (QED) is 0.508. The average molecular weight is 394 g/mol. The molecule has 0 aliphatic carbocycles. The molecular formula is C8H3F13O3. The lowest BCUT2D eigenvalue weighted by atomic mass is 10.1. The van der Waals surface area contributed by atoms with E-state index >= 15 is 0 Å². The van der Waals surface area contributed by atoms with Crippen LogP contribution in [0, 0.1) is 0 Å². The molecule has 16 heteroatoms. The van der Waals surface area contributed by atoms with E-state index in [0.717, 1.165) is 0 Å². The third-order valence-electron chi connectivity index (χ3n) is 2.18. The summed E-state index contributed by atoms with van der Waals surface area (Å²) in [5.41, 5.74) is 0. The second-order valence-corrected chi connectivity index (χ2v) is 3.85. The fraction of sp³-hybridized carbons (Fsp3) is 0.875. The average Bonchev–Trinajstić information content (AvgIpc) is 2.34. The first-order valence-electron chi connectivity index (χ1n) is 4.93. The van der Waals surface area contributed by atoms with Gasteiger partial charge in [-0.2, -0.15) is 57.1 Å². The van der Waals surface area contributed by atoms with Gasteiger partial charge in [0.25, 0.3) is 0 Å².